The lowest BCUT2D eigenvalue weighted by Gasteiger charge is -2.29. The Kier molecular flexibility index (Phi) is 5.44. The average molecular weight is 350 g/mol. The number of ether oxygens (including phenoxy) is 2. The van der Waals surface area contributed by atoms with Gasteiger partial charge in [-0.3, -0.25) is 0 Å². The molecule has 0 bridgehead atoms. The summed E-state index contributed by atoms with van der Waals surface area (Å²) in [6.07, 6.45) is 5.25. The monoisotopic (exact) mass is 350 g/mol. The van der Waals surface area contributed by atoms with Gasteiger partial charge in [0.25, 0.3) is 0 Å². The molecule has 3 N–H and O–H groups in total. The molecule has 3 heterocycles. The molecule has 1 unspecified atom stereocenters. The van der Waals surface area contributed by atoms with E-state index in [0.29, 0.717) is 18.2 Å². The predicted octanol–water partition coefficient (Wildman–Crippen LogP) is 1.72. The van der Waals surface area contributed by atoms with Crippen molar-refractivity contribution in [1.29, 1.82) is 0 Å². The van der Waals surface area contributed by atoms with Gasteiger partial charge in [0.1, 0.15) is 10.8 Å². The molecule has 0 saturated carbocycles. The van der Waals surface area contributed by atoms with E-state index in [0.717, 1.165) is 29.5 Å². The molecular weight excluding hydrogens is 328 g/mol. The molecule has 0 aliphatic carbocycles. The van der Waals surface area contributed by atoms with E-state index < -0.39 is 0 Å². The van der Waals surface area contributed by atoms with Crippen LogP contribution in [0.5, 0.6) is 0 Å². The van der Waals surface area contributed by atoms with E-state index in [1.54, 1.807) is 32.7 Å². The molecule has 130 valence electrons. The number of nitrogens with zero attached hydrogens (tertiary/aromatic N) is 4. The molecule has 1 atom stereocenters. The third kappa shape index (κ3) is 3.58. The highest BCUT2D eigenvalue weighted by Gasteiger charge is 2.34. The Labute approximate surface area is 145 Å². The van der Waals surface area contributed by atoms with E-state index in [1.807, 2.05) is 0 Å². The molecule has 0 amide bonds. The molecular formula is C15H22N6O2S. The van der Waals surface area contributed by atoms with E-state index >= 15 is 0 Å². The van der Waals surface area contributed by atoms with Crippen molar-refractivity contribution in [3.05, 3.63) is 24.3 Å². The third-order valence-corrected chi connectivity index (χ3v) is 5.06. The minimum absolute atomic E-state index is 0.149. The van der Waals surface area contributed by atoms with Gasteiger partial charge in [-0.05, 0) is 18.9 Å². The number of hydrogen-bond acceptors (Lipinski definition) is 9. The van der Waals surface area contributed by atoms with Crippen molar-refractivity contribution in [2.45, 2.75) is 31.7 Å². The van der Waals surface area contributed by atoms with Crippen molar-refractivity contribution in [1.82, 2.24) is 15.0 Å². The van der Waals surface area contributed by atoms with Gasteiger partial charge in [-0.15, -0.1) is 0 Å². The van der Waals surface area contributed by atoms with Gasteiger partial charge in [-0.2, -0.15) is 0 Å². The van der Waals surface area contributed by atoms with E-state index in [-0.39, 0.29) is 12.3 Å². The Morgan fingerprint density at radius 3 is 2.83 bits per heavy atom. The minimum atomic E-state index is -0.272. The molecule has 8 nitrogen and oxygen atoms in total. The lowest BCUT2D eigenvalue weighted by Crippen LogP contribution is -2.41. The second-order valence-electron chi connectivity index (χ2n) is 5.47. The molecule has 1 fully saturated rings. The summed E-state index contributed by atoms with van der Waals surface area (Å²) in [7, 11) is 3.32. The maximum atomic E-state index is 6.07. The van der Waals surface area contributed by atoms with Gasteiger partial charge in [-0.1, -0.05) is 11.3 Å². The Morgan fingerprint density at radius 2 is 2.12 bits per heavy atom. The number of rotatable bonds is 7. The first-order chi connectivity index (χ1) is 11.7. The van der Waals surface area contributed by atoms with Crippen molar-refractivity contribution in [2.24, 2.45) is 0 Å². The molecule has 0 spiro atoms. The molecule has 1 aliphatic heterocycles. The molecule has 1 aliphatic rings. The fourth-order valence-electron chi connectivity index (χ4n) is 2.87. The Hall–Kier alpha value is -1.97. The SMILES string of the molecule is COC(OC)C1CCCN1c1nc(N)c(NCc2ncccn2)s1. The number of thiazole rings is 1. The lowest BCUT2D eigenvalue weighted by molar-refractivity contribution is -0.115. The quantitative estimate of drug-likeness (QED) is 0.728. The summed E-state index contributed by atoms with van der Waals surface area (Å²) in [6.45, 7) is 1.43. The summed E-state index contributed by atoms with van der Waals surface area (Å²) in [5, 5.41) is 4.97. The summed E-state index contributed by atoms with van der Waals surface area (Å²) in [6, 6.07) is 1.94. The van der Waals surface area contributed by atoms with Crippen LogP contribution in [0, 0.1) is 0 Å². The Bertz CT molecular complexity index is 649. The van der Waals surface area contributed by atoms with Gasteiger partial charge >= 0.3 is 0 Å². The van der Waals surface area contributed by atoms with Gasteiger partial charge in [-0.25, -0.2) is 15.0 Å². The summed E-state index contributed by atoms with van der Waals surface area (Å²) in [5.74, 6) is 1.20. The molecule has 2 aromatic rings. The van der Waals surface area contributed by atoms with Crippen molar-refractivity contribution in [3.63, 3.8) is 0 Å². The highest BCUT2D eigenvalue weighted by Crippen LogP contribution is 2.37. The predicted molar refractivity (Wildman–Crippen MR) is 94.1 cm³/mol. The smallest absolute Gasteiger partial charge is 0.189 e. The van der Waals surface area contributed by atoms with Crippen LogP contribution < -0.4 is 16.0 Å². The number of aromatic nitrogens is 3. The van der Waals surface area contributed by atoms with Crippen LogP contribution in [0.15, 0.2) is 18.5 Å². The van der Waals surface area contributed by atoms with E-state index in [9.17, 15) is 0 Å². The van der Waals surface area contributed by atoms with Crippen LogP contribution in [0.1, 0.15) is 18.7 Å². The Morgan fingerprint density at radius 1 is 1.38 bits per heavy atom. The van der Waals surface area contributed by atoms with Crippen LogP contribution in [0.25, 0.3) is 0 Å². The normalized spacial score (nSPS) is 17.6. The van der Waals surface area contributed by atoms with Crippen LogP contribution in [0.4, 0.5) is 16.0 Å². The molecule has 0 radical (unpaired) electrons. The second-order valence-corrected chi connectivity index (χ2v) is 6.45. The van der Waals surface area contributed by atoms with E-state index in [4.69, 9.17) is 15.2 Å². The second kappa shape index (κ2) is 7.73. The highest BCUT2D eigenvalue weighted by atomic mass is 32.1. The van der Waals surface area contributed by atoms with Crippen molar-refractivity contribution >= 4 is 27.3 Å². The summed E-state index contributed by atoms with van der Waals surface area (Å²) < 4.78 is 10.9. The zero-order chi connectivity index (χ0) is 16.9. The Balaban J connectivity index is 1.71. The van der Waals surface area contributed by atoms with E-state index in [1.165, 1.54) is 11.3 Å². The zero-order valence-electron chi connectivity index (χ0n) is 13.8. The van der Waals surface area contributed by atoms with Crippen molar-refractivity contribution in [3.8, 4) is 0 Å². The van der Waals surface area contributed by atoms with Crippen LogP contribution in [-0.4, -0.2) is 48.0 Å². The van der Waals surface area contributed by atoms with E-state index in [2.05, 4.69) is 25.2 Å². The van der Waals surface area contributed by atoms with Gasteiger partial charge in [0.05, 0.1) is 12.6 Å². The van der Waals surface area contributed by atoms with Gasteiger partial charge in [0, 0.05) is 33.2 Å². The fraction of sp³-hybridized carbons (Fsp3) is 0.533. The molecule has 1 saturated heterocycles. The average Bonchev–Trinajstić information content (AvgIpc) is 3.22. The third-order valence-electron chi connectivity index (χ3n) is 3.99. The minimum Gasteiger partial charge on any atom is -0.381 e. The largest absolute Gasteiger partial charge is 0.381 e. The number of anilines is 3. The first-order valence-electron chi connectivity index (χ1n) is 7.81. The summed E-state index contributed by atoms with van der Waals surface area (Å²) in [4.78, 5) is 15.1. The standard InChI is InChI=1S/C15H22N6O2S/c1-22-14(23-2)10-5-3-8-21(10)15-20-12(16)13(24-15)19-9-11-17-6-4-7-18-11/h4,6-7,10,14,19H,3,5,8-9,16H2,1-2H3. The van der Waals surface area contributed by atoms with Crippen LogP contribution in [0.3, 0.4) is 0 Å². The van der Waals surface area contributed by atoms with Gasteiger partial charge in [0.15, 0.2) is 17.2 Å². The summed E-state index contributed by atoms with van der Waals surface area (Å²) >= 11 is 1.53. The van der Waals surface area contributed by atoms with Crippen LogP contribution in [-0.2, 0) is 16.0 Å². The fourth-order valence-corrected chi connectivity index (χ4v) is 3.84. The number of nitrogens with one attached hydrogen (secondary N) is 1. The van der Waals surface area contributed by atoms with Gasteiger partial charge in [0.2, 0.25) is 0 Å². The topological polar surface area (TPSA) is 98.4 Å². The lowest BCUT2D eigenvalue weighted by atomic mass is 10.2. The highest BCUT2D eigenvalue weighted by molar-refractivity contribution is 7.20. The number of hydrogen-bond donors (Lipinski definition) is 2. The van der Waals surface area contributed by atoms with Crippen LogP contribution in [0.2, 0.25) is 0 Å². The first kappa shape index (κ1) is 16.9. The zero-order valence-corrected chi connectivity index (χ0v) is 14.6. The maximum absolute atomic E-state index is 6.07. The molecule has 24 heavy (non-hydrogen) atoms. The first-order valence-corrected chi connectivity index (χ1v) is 8.63. The maximum Gasteiger partial charge on any atom is 0.189 e. The van der Waals surface area contributed by atoms with Crippen molar-refractivity contribution in [2.75, 3.05) is 36.7 Å². The molecule has 9 heteroatoms. The van der Waals surface area contributed by atoms with Crippen LogP contribution >= 0.6 is 11.3 Å². The molecule has 3 rings (SSSR count). The number of nitrogen functional groups attached to an aromatic ring is 1. The summed E-state index contributed by atoms with van der Waals surface area (Å²) in [5.41, 5.74) is 6.07. The van der Waals surface area contributed by atoms with Crippen molar-refractivity contribution < 1.29 is 9.47 Å². The van der Waals surface area contributed by atoms with Gasteiger partial charge < -0.3 is 25.4 Å². The number of methoxy groups -OCH3 is 2. The number of nitrogens with two attached hydrogens (primary N) is 1. The molecule has 0 aromatic carbocycles. The molecule has 2 aromatic heterocycles.